The molecule has 0 radical (unpaired) electrons. The van der Waals surface area contributed by atoms with Crippen molar-refractivity contribution in [2.75, 3.05) is 13.2 Å². The molecule has 1 fully saturated rings. The van der Waals surface area contributed by atoms with E-state index >= 15 is 0 Å². The fraction of sp³-hybridized carbons (Fsp3) is 0.467. The Morgan fingerprint density at radius 3 is 2.62 bits per heavy atom. The molecular formula is C15H20O. The van der Waals surface area contributed by atoms with E-state index in [0.717, 1.165) is 32.0 Å². The van der Waals surface area contributed by atoms with Crippen LogP contribution >= 0.6 is 0 Å². The molecule has 0 aromatic heterocycles. The summed E-state index contributed by atoms with van der Waals surface area (Å²) in [7, 11) is 0. The van der Waals surface area contributed by atoms with E-state index in [4.69, 9.17) is 4.74 Å². The second-order valence-corrected chi connectivity index (χ2v) is 4.40. The second-order valence-electron chi connectivity index (χ2n) is 4.40. The minimum absolute atomic E-state index is 0.754. The summed E-state index contributed by atoms with van der Waals surface area (Å²) in [6.07, 6.45) is 9.42. The van der Waals surface area contributed by atoms with E-state index in [1.165, 1.54) is 18.4 Å². The van der Waals surface area contributed by atoms with E-state index in [1.807, 2.05) is 0 Å². The first kappa shape index (κ1) is 11.4. The molecule has 0 bridgehead atoms. The summed E-state index contributed by atoms with van der Waals surface area (Å²) in [5, 5.41) is 0. The van der Waals surface area contributed by atoms with Crippen molar-refractivity contribution in [3.63, 3.8) is 0 Å². The predicted octanol–water partition coefficient (Wildman–Crippen LogP) is 3.60. The minimum Gasteiger partial charge on any atom is -0.381 e. The van der Waals surface area contributed by atoms with Gasteiger partial charge in [-0.05, 0) is 37.2 Å². The first-order valence-electron chi connectivity index (χ1n) is 6.23. The van der Waals surface area contributed by atoms with Crippen LogP contribution in [0.15, 0.2) is 42.5 Å². The molecular weight excluding hydrogens is 196 g/mol. The summed E-state index contributed by atoms with van der Waals surface area (Å²) in [5.74, 6) is 0.754. The van der Waals surface area contributed by atoms with Crippen LogP contribution in [0.5, 0.6) is 0 Å². The van der Waals surface area contributed by atoms with Crippen molar-refractivity contribution in [1.29, 1.82) is 0 Å². The molecule has 1 aromatic rings. The molecule has 1 heterocycles. The van der Waals surface area contributed by atoms with Crippen LogP contribution < -0.4 is 0 Å². The van der Waals surface area contributed by atoms with E-state index < -0.39 is 0 Å². The van der Waals surface area contributed by atoms with Gasteiger partial charge in [-0.1, -0.05) is 42.5 Å². The fourth-order valence-electron chi connectivity index (χ4n) is 2.09. The summed E-state index contributed by atoms with van der Waals surface area (Å²) in [6, 6.07) is 10.7. The number of benzene rings is 1. The van der Waals surface area contributed by atoms with Gasteiger partial charge in [0.25, 0.3) is 0 Å². The summed E-state index contributed by atoms with van der Waals surface area (Å²) in [4.78, 5) is 0. The molecule has 0 aliphatic carbocycles. The second kappa shape index (κ2) is 6.49. The lowest BCUT2D eigenvalue weighted by Crippen LogP contribution is -2.13. The Bertz CT molecular complexity index is 309. The Labute approximate surface area is 98.1 Å². The number of hydrogen-bond donors (Lipinski definition) is 0. The topological polar surface area (TPSA) is 9.23 Å². The number of hydrogen-bond acceptors (Lipinski definition) is 1. The molecule has 1 aliphatic rings. The molecule has 0 unspecified atom stereocenters. The van der Waals surface area contributed by atoms with Gasteiger partial charge in [0.2, 0.25) is 0 Å². The normalized spacial score (nSPS) is 18.0. The zero-order chi connectivity index (χ0) is 11.1. The summed E-state index contributed by atoms with van der Waals surface area (Å²) >= 11 is 0. The quantitative estimate of drug-likeness (QED) is 0.699. The lowest BCUT2D eigenvalue weighted by atomic mass is 9.99. The Balaban J connectivity index is 1.69. The van der Waals surface area contributed by atoms with Crippen molar-refractivity contribution < 1.29 is 4.74 Å². The molecule has 0 N–H and O–H groups in total. The van der Waals surface area contributed by atoms with E-state index in [-0.39, 0.29) is 0 Å². The van der Waals surface area contributed by atoms with Crippen LogP contribution in [0.1, 0.15) is 24.8 Å². The molecule has 0 amide bonds. The van der Waals surface area contributed by atoms with Crippen molar-refractivity contribution in [2.24, 2.45) is 5.92 Å². The predicted molar refractivity (Wildman–Crippen MR) is 67.4 cm³/mol. The van der Waals surface area contributed by atoms with Gasteiger partial charge in [0.15, 0.2) is 0 Å². The maximum atomic E-state index is 5.34. The highest BCUT2D eigenvalue weighted by Gasteiger charge is 2.09. The highest BCUT2D eigenvalue weighted by molar-refractivity contribution is 5.15. The molecule has 1 heteroatoms. The maximum Gasteiger partial charge on any atom is 0.0471 e. The third-order valence-electron chi connectivity index (χ3n) is 3.12. The Morgan fingerprint density at radius 1 is 1.12 bits per heavy atom. The van der Waals surface area contributed by atoms with Crippen LogP contribution in [0.2, 0.25) is 0 Å². The van der Waals surface area contributed by atoms with Crippen molar-refractivity contribution in [3.05, 3.63) is 48.0 Å². The average molecular weight is 216 g/mol. The van der Waals surface area contributed by atoms with Gasteiger partial charge in [-0.15, -0.1) is 0 Å². The van der Waals surface area contributed by atoms with Crippen LogP contribution in [0.25, 0.3) is 0 Å². The lowest BCUT2D eigenvalue weighted by Gasteiger charge is -2.18. The molecule has 86 valence electrons. The summed E-state index contributed by atoms with van der Waals surface area (Å²) in [6.45, 7) is 1.88. The minimum atomic E-state index is 0.754. The summed E-state index contributed by atoms with van der Waals surface area (Å²) in [5.41, 5.74) is 1.43. The average Bonchev–Trinajstić information content (AvgIpc) is 2.37. The van der Waals surface area contributed by atoms with Crippen LogP contribution in [0.3, 0.4) is 0 Å². The number of allylic oxidation sites excluding steroid dienone is 2. The van der Waals surface area contributed by atoms with Gasteiger partial charge in [-0.2, -0.15) is 0 Å². The van der Waals surface area contributed by atoms with Crippen molar-refractivity contribution in [3.8, 4) is 0 Å². The third kappa shape index (κ3) is 3.82. The van der Waals surface area contributed by atoms with Gasteiger partial charge in [0, 0.05) is 13.2 Å². The van der Waals surface area contributed by atoms with Gasteiger partial charge in [0.05, 0.1) is 0 Å². The van der Waals surface area contributed by atoms with Gasteiger partial charge >= 0.3 is 0 Å². The molecule has 1 nitrogen and oxygen atoms in total. The van der Waals surface area contributed by atoms with E-state index in [9.17, 15) is 0 Å². The number of rotatable bonds is 4. The number of ether oxygens (including phenoxy) is 1. The Kier molecular flexibility index (Phi) is 4.63. The molecule has 0 atom stereocenters. The van der Waals surface area contributed by atoms with Gasteiger partial charge in [-0.3, -0.25) is 0 Å². The van der Waals surface area contributed by atoms with E-state index in [0.29, 0.717) is 0 Å². The lowest BCUT2D eigenvalue weighted by molar-refractivity contribution is 0.0785. The molecule has 16 heavy (non-hydrogen) atoms. The first-order chi connectivity index (χ1) is 7.95. The summed E-state index contributed by atoms with van der Waals surface area (Å²) < 4.78 is 5.34. The molecule has 1 aliphatic heterocycles. The highest BCUT2D eigenvalue weighted by Crippen LogP contribution is 2.16. The zero-order valence-electron chi connectivity index (χ0n) is 9.77. The maximum absolute atomic E-state index is 5.34. The molecule has 2 rings (SSSR count). The third-order valence-corrected chi connectivity index (χ3v) is 3.12. The first-order valence-corrected chi connectivity index (χ1v) is 6.23. The van der Waals surface area contributed by atoms with Gasteiger partial charge in [-0.25, -0.2) is 0 Å². The Morgan fingerprint density at radius 2 is 1.88 bits per heavy atom. The standard InChI is InChI=1S/C15H20O/c1-2-6-14(7-3-1)8-4-5-9-15-10-12-16-13-11-15/h1-3,5-7,9,15H,4,8,10-13H2/b9-5-. The molecule has 1 aromatic carbocycles. The monoisotopic (exact) mass is 216 g/mol. The molecule has 1 saturated heterocycles. The van der Waals surface area contributed by atoms with Gasteiger partial charge < -0.3 is 4.74 Å². The van der Waals surface area contributed by atoms with Crippen molar-refractivity contribution >= 4 is 0 Å². The van der Waals surface area contributed by atoms with Gasteiger partial charge in [0.1, 0.15) is 0 Å². The van der Waals surface area contributed by atoms with Crippen LogP contribution in [-0.2, 0) is 11.2 Å². The SMILES string of the molecule is C(=C/C1CCOCC1)/CCc1ccccc1. The zero-order valence-corrected chi connectivity index (χ0v) is 9.77. The Hall–Kier alpha value is -1.08. The highest BCUT2D eigenvalue weighted by atomic mass is 16.5. The fourth-order valence-corrected chi connectivity index (χ4v) is 2.09. The van der Waals surface area contributed by atoms with Crippen LogP contribution in [-0.4, -0.2) is 13.2 Å². The van der Waals surface area contributed by atoms with Crippen LogP contribution in [0.4, 0.5) is 0 Å². The van der Waals surface area contributed by atoms with Crippen LogP contribution in [0, 0.1) is 5.92 Å². The van der Waals surface area contributed by atoms with Crippen molar-refractivity contribution in [2.45, 2.75) is 25.7 Å². The van der Waals surface area contributed by atoms with Crippen molar-refractivity contribution in [1.82, 2.24) is 0 Å². The van der Waals surface area contributed by atoms with E-state index in [1.54, 1.807) is 0 Å². The molecule has 0 saturated carbocycles. The molecule has 0 spiro atoms. The van der Waals surface area contributed by atoms with E-state index in [2.05, 4.69) is 42.5 Å². The number of aryl methyl sites for hydroxylation is 1. The smallest absolute Gasteiger partial charge is 0.0471 e. The largest absolute Gasteiger partial charge is 0.381 e.